The highest BCUT2D eigenvalue weighted by Gasteiger charge is 2.48. The van der Waals surface area contributed by atoms with Gasteiger partial charge in [0, 0.05) is 133 Å². The molecular weight excluding hydrogens is 1660 g/mol. The Morgan fingerprint density at radius 2 is 0.672 bits per heavy atom. The van der Waals surface area contributed by atoms with Crippen LogP contribution in [0.5, 0.6) is 0 Å². The Balaban J connectivity index is 0.000000136. The fourth-order valence-corrected chi connectivity index (χ4v) is 18.6. The standard InChI is InChI=1S/C30H37N4.C27H29N2.C24H27F3N.C21H18N.C19H19FN/c1-18-15-19(2)20(3)22(16-18)25-17-23(21-13-11-12-14-24(21)34(25)10)26-31-27(29(4,5)6)33-28(32-26)30(7,8)9;1-17(2)25-12-11-21(16-28-25)24-15-27(23-14-18(3)13-19(4)20(23)5)29(6)26-10-8-7-9-22(24)26;1-15-11-16(2)17(3)20(12-15)22-13-18(14-23(4,5)24(25,26)27)19-9-7-8-10-21(19)28(22)6;1-15-11-12-16-7-3-5-9-18(16)21(15)20-14-13-17-8-4-6-10-19(17)22(20)2;1-12-9-13(2)14(3)16(10-12)19-11-17(20)15-7-5-6-8-18(15)21(19)4/h11-17H,1-10H3;7-17H,1-6H3;7-13H,14H2,1-6H3;3-14H,1-2H3;5-11H,1-4H3/q5*+1. The third kappa shape index (κ3) is 20.0. The lowest BCUT2D eigenvalue weighted by molar-refractivity contribution is -0.633. The highest BCUT2D eigenvalue weighted by molar-refractivity contribution is 5.98. The Bertz CT molecular complexity index is 7540. The summed E-state index contributed by atoms with van der Waals surface area (Å²) in [7, 11) is 10.4. The third-order valence-electron chi connectivity index (χ3n) is 27.0. The average molecular weight is 1790 g/mol. The summed E-state index contributed by atoms with van der Waals surface area (Å²) in [5.41, 5.74) is 36.4. The summed E-state index contributed by atoms with van der Waals surface area (Å²) >= 11 is 0. The summed E-state index contributed by atoms with van der Waals surface area (Å²) in [5.74, 6) is 2.65. The number of halogens is 4. The number of benzene rings is 11. The van der Waals surface area contributed by atoms with E-state index >= 15 is 0 Å². The van der Waals surface area contributed by atoms with Crippen molar-refractivity contribution in [1.82, 2.24) is 19.9 Å². The van der Waals surface area contributed by atoms with E-state index in [0.29, 0.717) is 11.3 Å². The summed E-state index contributed by atoms with van der Waals surface area (Å²) in [6, 6.07) is 88.6. The number of rotatable bonds is 10. The number of alkyl halides is 3. The number of hydrogen-bond donors (Lipinski definition) is 0. The lowest BCUT2D eigenvalue weighted by Crippen LogP contribution is -2.36. The summed E-state index contributed by atoms with van der Waals surface area (Å²) in [6.45, 7) is 47.7. The molecule has 0 bridgehead atoms. The zero-order valence-corrected chi connectivity index (χ0v) is 83.6. The largest absolute Gasteiger partial charge is 0.394 e. The van der Waals surface area contributed by atoms with E-state index in [2.05, 4.69) is 377 Å². The smallest absolute Gasteiger partial charge is 0.260 e. The molecule has 13 heteroatoms. The number of aryl methyl sites for hydroxylation is 14. The van der Waals surface area contributed by atoms with Gasteiger partial charge in [-0.15, -0.1) is 0 Å². The Morgan fingerprint density at radius 3 is 1.10 bits per heavy atom. The van der Waals surface area contributed by atoms with Crippen molar-refractivity contribution < 1.29 is 40.4 Å². The highest BCUT2D eigenvalue weighted by Crippen LogP contribution is 2.44. The second-order valence-corrected chi connectivity index (χ2v) is 39.9. The summed E-state index contributed by atoms with van der Waals surface area (Å²) in [5, 5.41) is 7.79. The van der Waals surface area contributed by atoms with Gasteiger partial charge >= 0.3 is 6.18 Å². The van der Waals surface area contributed by atoms with Crippen molar-refractivity contribution in [2.24, 2.45) is 40.7 Å². The second kappa shape index (κ2) is 38.7. The van der Waals surface area contributed by atoms with Crippen LogP contribution >= 0.6 is 0 Å². The third-order valence-corrected chi connectivity index (χ3v) is 27.0. The SMILES string of the molecule is Cc1cc(C)c(C)c(-c2cc(-c3ccc(C(C)C)nc3)c3ccccc3[n+]2C)c1.Cc1cc(C)c(C)c(-c2cc(-c3nc(C(C)(C)C)nc(C(C)(C)C)n3)c3ccccc3[n+]2C)c1.Cc1cc(C)c(C)c(-c2cc(CC(C)(C)C(F)(F)F)c3ccccc3[n+]2C)c1.Cc1cc(C)c(C)c(-c2cc(F)c3ccccc3[n+]2C)c1.Cc1ccc2ccccc2c1-c1ccc2ccccc2[n+]1C. The number of hydrogen-bond acceptors (Lipinski definition) is 4. The molecule has 0 radical (unpaired) electrons. The van der Waals surface area contributed by atoms with Crippen LogP contribution in [0.15, 0.2) is 261 Å². The van der Waals surface area contributed by atoms with Gasteiger partial charge in [0.15, 0.2) is 5.82 Å². The minimum atomic E-state index is -4.26. The van der Waals surface area contributed by atoms with Crippen molar-refractivity contribution in [3.8, 4) is 78.8 Å². The maximum absolute atomic E-state index is 14.4. The van der Waals surface area contributed by atoms with E-state index in [0.717, 1.165) is 107 Å². The van der Waals surface area contributed by atoms with E-state index in [4.69, 9.17) is 19.9 Å². The molecule has 0 aliphatic carbocycles. The molecule has 0 spiro atoms. The zero-order valence-electron chi connectivity index (χ0n) is 83.6. The molecule has 0 aliphatic rings. The van der Waals surface area contributed by atoms with Gasteiger partial charge in [-0.25, -0.2) is 19.3 Å². The van der Waals surface area contributed by atoms with Crippen molar-refractivity contribution >= 4 is 65.3 Å². The van der Waals surface area contributed by atoms with Gasteiger partial charge in [0.05, 0.1) is 27.1 Å². The molecule has 0 unspecified atom stereocenters. The molecule has 11 aromatic carbocycles. The molecule has 0 saturated carbocycles. The van der Waals surface area contributed by atoms with Crippen LogP contribution in [0.1, 0.15) is 170 Å². The molecule has 0 atom stereocenters. The molecule has 0 amide bonds. The molecule has 7 aromatic heterocycles. The minimum Gasteiger partial charge on any atom is -0.260 e. The van der Waals surface area contributed by atoms with Gasteiger partial charge < -0.3 is 0 Å². The minimum absolute atomic E-state index is 0.0608. The number of pyridine rings is 6. The normalized spacial score (nSPS) is 11.8. The summed E-state index contributed by atoms with van der Waals surface area (Å²) < 4.78 is 66.2. The fraction of sp³-hybridized carbons (Fsp3) is 0.281. The fourth-order valence-electron chi connectivity index (χ4n) is 18.6. The second-order valence-electron chi connectivity index (χ2n) is 39.9. The molecule has 0 N–H and O–H groups in total. The van der Waals surface area contributed by atoms with Gasteiger partial charge in [-0.05, 0) is 235 Å². The molecule has 18 aromatic rings. The molecule has 0 aliphatic heterocycles. The first-order valence-electron chi connectivity index (χ1n) is 46.6. The van der Waals surface area contributed by atoms with E-state index in [1.165, 1.54) is 141 Å². The number of aromatic nitrogens is 9. The van der Waals surface area contributed by atoms with Gasteiger partial charge in [0.2, 0.25) is 56.1 Å². The van der Waals surface area contributed by atoms with Crippen molar-refractivity contribution in [3.05, 3.63) is 362 Å². The first-order chi connectivity index (χ1) is 63.3. The highest BCUT2D eigenvalue weighted by atomic mass is 19.4. The van der Waals surface area contributed by atoms with Crippen molar-refractivity contribution in [2.45, 2.75) is 189 Å². The number of fused-ring (bicyclic) bond motifs is 6. The molecule has 0 fully saturated rings. The molecule has 682 valence electrons. The predicted molar refractivity (Wildman–Crippen MR) is 549 cm³/mol. The maximum Gasteiger partial charge on any atom is 0.394 e. The van der Waals surface area contributed by atoms with Gasteiger partial charge in [-0.2, -0.15) is 36.0 Å². The first kappa shape index (κ1) is 96.7. The van der Waals surface area contributed by atoms with Crippen LogP contribution in [0.2, 0.25) is 0 Å². The van der Waals surface area contributed by atoms with E-state index in [1.54, 1.807) is 6.07 Å². The Labute approximate surface area is 790 Å². The van der Waals surface area contributed by atoms with Crippen LogP contribution in [0.25, 0.3) is 144 Å². The van der Waals surface area contributed by atoms with Gasteiger partial charge in [-0.3, -0.25) is 4.98 Å². The van der Waals surface area contributed by atoms with E-state index in [1.807, 2.05) is 81.8 Å². The van der Waals surface area contributed by atoms with Crippen LogP contribution in [-0.4, -0.2) is 26.1 Å². The molecule has 0 saturated heterocycles. The lowest BCUT2D eigenvalue weighted by Gasteiger charge is -2.28. The van der Waals surface area contributed by atoms with E-state index < -0.39 is 11.6 Å². The Kier molecular flexibility index (Phi) is 27.9. The van der Waals surface area contributed by atoms with Crippen LogP contribution < -0.4 is 22.8 Å². The van der Waals surface area contributed by atoms with E-state index in [-0.39, 0.29) is 23.1 Å². The quantitative estimate of drug-likeness (QED) is 0.101. The maximum atomic E-state index is 14.4. The molecule has 9 nitrogen and oxygen atoms in total. The van der Waals surface area contributed by atoms with Crippen molar-refractivity contribution in [2.75, 3.05) is 0 Å². The monoisotopic (exact) mass is 1790 g/mol. The van der Waals surface area contributed by atoms with Crippen LogP contribution in [-0.2, 0) is 52.5 Å². The molecule has 18 rings (SSSR count). The van der Waals surface area contributed by atoms with E-state index in [9.17, 15) is 17.6 Å². The Hall–Kier alpha value is -13.4. The van der Waals surface area contributed by atoms with Crippen LogP contribution in [0.4, 0.5) is 17.6 Å². The number of para-hydroxylation sites is 5. The summed E-state index contributed by atoms with van der Waals surface area (Å²) in [4.78, 5) is 19.7. The van der Waals surface area contributed by atoms with Crippen LogP contribution in [0.3, 0.4) is 0 Å². The first-order valence-corrected chi connectivity index (χ1v) is 46.6. The Morgan fingerprint density at radius 1 is 0.313 bits per heavy atom. The number of nitrogens with zero attached hydrogens (tertiary/aromatic N) is 9. The topological polar surface area (TPSA) is 71.0 Å². The van der Waals surface area contributed by atoms with Gasteiger partial charge in [0.1, 0.15) is 52.7 Å². The van der Waals surface area contributed by atoms with Gasteiger partial charge in [0.25, 0.3) is 0 Å². The average Bonchev–Trinajstić information content (AvgIpc) is 0.754. The summed E-state index contributed by atoms with van der Waals surface area (Å²) in [6.07, 6.45) is -2.30. The zero-order chi connectivity index (χ0) is 96.8. The van der Waals surface area contributed by atoms with Gasteiger partial charge in [-0.1, -0.05) is 219 Å². The molecular formula is C121H130F4N9+5. The van der Waals surface area contributed by atoms with Crippen molar-refractivity contribution in [1.29, 1.82) is 0 Å². The van der Waals surface area contributed by atoms with Crippen LogP contribution in [0, 0.1) is 101 Å². The molecule has 7 heterocycles. The molecule has 134 heavy (non-hydrogen) atoms. The van der Waals surface area contributed by atoms with Crippen molar-refractivity contribution in [3.63, 3.8) is 0 Å². The lowest BCUT2D eigenvalue weighted by atomic mass is 9.83. The predicted octanol–water partition coefficient (Wildman–Crippen LogP) is 28.7.